The van der Waals surface area contributed by atoms with Gasteiger partial charge in [0, 0.05) is 10.6 Å². The summed E-state index contributed by atoms with van der Waals surface area (Å²) in [6.07, 6.45) is 1.40. The minimum Gasteiger partial charge on any atom is -0.490 e. The van der Waals surface area contributed by atoms with Crippen LogP contribution in [-0.4, -0.2) is 37.1 Å². The summed E-state index contributed by atoms with van der Waals surface area (Å²) in [5.74, 6) is -1.05. The average Bonchev–Trinajstić information content (AvgIpc) is 2.92. The van der Waals surface area contributed by atoms with Crippen LogP contribution >= 0.6 is 23.2 Å². The van der Waals surface area contributed by atoms with Gasteiger partial charge < -0.3 is 14.8 Å². The van der Waals surface area contributed by atoms with E-state index in [1.54, 1.807) is 37.3 Å². The highest BCUT2D eigenvalue weighted by molar-refractivity contribution is 6.36. The van der Waals surface area contributed by atoms with Crippen LogP contribution in [0.4, 0.5) is 0 Å². The van der Waals surface area contributed by atoms with Crippen molar-refractivity contribution in [3.63, 3.8) is 0 Å². The second-order valence-corrected chi connectivity index (χ2v) is 9.00. The van der Waals surface area contributed by atoms with Crippen LogP contribution in [0.5, 0.6) is 11.5 Å². The van der Waals surface area contributed by atoms with Crippen LogP contribution in [0.2, 0.25) is 10.0 Å². The molecule has 198 valence electrons. The van der Waals surface area contributed by atoms with Crippen LogP contribution in [0.1, 0.15) is 33.2 Å². The van der Waals surface area contributed by atoms with Gasteiger partial charge >= 0.3 is 5.97 Å². The van der Waals surface area contributed by atoms with Gasteiger partial charge in [-0.1, -0.05) is 59.6 Å². The van der Waals surface area contributed by atoms with Crippen molar-refractivity contribution < 1.29 is 23.9 Å². The zero-order valence-electron chi connectivity index (χ0n) is 20.7. The minimum atomic E-state index is -0.670. The van der Waals surface area contributed by atoms with Crippen LogP contribution in [0, 0.1) is 0 Å². The first-order valence-corrected chi connectivity index (χ1v) is 12.6. The fourth-order valence-electron chi connectivity index (χ4n) is 3.66. The Kier molecular flexibility index (Phi) is 9.14. The van der Waals surface area contributed by atoms with E-state index in [-0.39, 0.29) is 28.8 Å². The highest BCUT2D eigenvalue weighted by Crippen LogP contribution is 2.30. The molecule has 0 saturated carbocycles. The van der Waals surface area contributed by atoms with Crippen LogP contribution < -0.4 is 20.2 Å². The first-order chi connectivity index (χ1) is 18.9. The molecular weight excluding hydrogens is 541 g/mol. The Morgan fingerprint density at radius 3 is 2.49 bits per heavy atom. The number of ether oxygens (including phenoxy) is 2. The highest BCUT2D eigenvalue weighted by atomic mass is 35.5. The summed E-state index contributed by atoms with van der Waals surface area (Å²) in [5.41, 5.74) is 3.58. The maximum Gasteiger partial charge on any atom is 0.345 e. The average molecular weight is 564 g/mol. The Morgan fingerprint density at radius 2 is 1.69 bits per heavy atom. The quantitative estimate of drug-likeness (QED) is 0.118. The molecule has 4 aromatic carbocycles. The molecule has 0 aliphatic carbocycles. The Balaban J connectivity index is 1.35. The molecule has 0 aliphatic heterocycles. The standard InChI is InChI=1S/C29H23Cl2N3O5/c1-2-38-26-14-18(10-13-25(26)39-29(37)23-12-11-20(30)15-24(23)31)16-33-34-27(35)17-32-28(36)22-9-5-7-19-6-3-4-8-21(19)22/h3-16H,2,17H2,1H3,(H,32,36)(H,34,35). The lowest BCUT2D eigenvalue weighted by molar-refractivity contribution is -0.120. The number of halogens is 2. The number of nitrogens with zero attached hydrogens (tertiary/aromatic N) is 1. The van der Waals surface area contributed by atoms with Crippen molar-refractivity contribution >= 4 is 58.0 Å². The smallest absolute Gasteiger partial charge is 0.345 e. The number of rotatable bonds is 9. The van der Waals surface area contributed by atoms with Gasteiger partial charge in [0.15, 0.2) is 11.5 Å². The van der Waals surface area contributed by atoms with Crippen molar-refractivity contribution in [3.8, 4) is 11.5 Å². The number of amides is 2. The van der Waals surface area contributed by atoms with Gasteiger partial charge in [0.2, 0.25) is 0 Å². The zero-order chi connectivity index (χ0) is 27.8. The van der Waals surface area contributed by atoms with E-state index in [1.807, 2.05) is 30.3 Å². The highest BCUT2D eigenvalue weighted by Gasteiger charge is 2.16. The molecule has 39 heavy (non-hydrogen) atoms. The van der Waals surface area contributed by atoms with E-state index >= 15 is 0 Å². The number of carbonyl (C=O) groups excluding carboxylic acids is 3. The van der Waals surface area contributed by atoms with E-state index in [9.17, 15) is 14.4 Å². The van der Waals surface area contributed by atoms with Crippen molar-refractivity contribution in [2.45, 2.75) is 6.92 Å². The molecule has 0 aromatic heterocycles. The van der Waals surface area contributed by atoms with Crippen molar-refractivity contribution in [2.24, 2.45) is 5.10 Å². The zero-order valence-corrected chi connectivity index (χ0v) is 22.3. The van der Waals surface area contributed by atoms with Crippen LogP contribution in [0.3, 0.4) is 0 Å². The molecule has 0 bridgehead atoms. The lowest BCUT2D eigenvalue weighted by Crippen LogP contribution is -2.35. The van der Waals surface area contributed by atoms with Gasteiger partial charge in [0.1, 0.15) is 0 Å². The summed E-state index contributed by atoms with van der Waals surface area (Å²) < 4.78 is 11.1. The largest absolute Gasteiger partial charge is 0.490 e. The molecule has 0 spiro atoms. The van der Waals surface area contributed by atoms with Gasteiger partial charge in [-0.25, -0.2) is 10.2 Å². The molecule has 2 N–H and O–H groups in total. The van der Waals surface area contributed by atoms with Gasteiger partial charge in [-0.05, 0) is 65.7 Å². The summed E-state index contributed by atoms with van der Waals surface area (Å²) in [5, 5.41) is 8.82. The molecule has 8 nitrogen and oxygen atoms in total. The molecule has 2 amide bonds. The maximum atomic E-state index is 12.6. The number of benzene rings is 4. The molecule has 4 aromatic rings. The molecule has 0 heterocycles. The van der Waals surface area contributed by atoms with Crippen molar-refractivity contribution in [3.05, 3.63) is 106 Å². The molecule has 0 unspecified atom stereocenters. The summed E-state index contributed by atoms with van der Waals surface area (Å²) in [6.45, 7) is 1.85. The summed E-state index contributed by atoms with van der Waals surface area (Å²) in [6, 6.07) is 22.2. The first kappa shape index (κ1) is 27.6. The number of nitrogens with one attached hydrogen (secondary N) is 2. The minimum absolute atomic E-state index is 0.157. The van der Waals surface area contributed by atoms with Gasteiger partial charge in [-0.2, -0.15) is 5.10 Å². The number of hydrazone groups is 1. The number of fused-ring (bicyclic) bond motifs is 1. The second-order valence-electron chi connectivity index (χ2n) is 8.16. The van der Waals surface area contributed by atoms with E-state index in [0.717, 1.165) is 10.8 Å². The number of hydrogen-bond acceptors (Lipinski definition) is 6. The fraction of sp³-hybridized carbons (Fsp3) is 0.103. The maximum absolute atomic E-state index is 12.6. The van der Waals surface area contributed by atoms with E-state index in [4.69, 9.17) is 32.7 Å². The molecule has 0 saturated heterocycles. The third-order valence-electron chi connectivity index (χ3n) is 5.47. The summed E-state index contributed by atoms with van der Waals surface area (Å²) in [4.78, 5) is 37.4. The van der Waals surface area contributed by atoms with E-state index in [2.05, 4.69) is 15.8 Å². The summed E-state index contributed by atoms with van der Waals surface area (Å²) >= 11 is 12.0. The van der Waals surface area contributed by atoms with Gasteiger partial charge in [-0.3, -0.25) is 9.59 Å². The third kappa shape index (κ3) is 7.13. The number of hydrogen-bond donors (Lipinski definition) is 2. The Labute approximate surface area is 234 Å². The predicted molar refractivity (Wildman–Crippen MR) is 151 cm³/mol. The Hall–Kier alpha value is -4.40. The van der Waals surface area contributed by atoms with Gasteiger partial charge in [-0.15, -0.1) is 0 Å². The van der Waals surface area contributed by atoms with Crippen LogP contribution in [0.15, 0.2) is 84.0 Å². The second kappa shape index (κ2) is 12.9. The molecule has 0 fully saturated rings. The lowest BCUT2D eigenvalue weighted by atomic mass is 10.0. The first-order valence-electron chi connectivity index (χ1n) is 11.9. The lowest BCUT2D eigenvalue weighted by Gasteiger charge is -2.12. The van der Waals surface area contributed by atoms with E-state index < -0.39 is 11.9 Å². The molecule has 4 rings (SSSR count). The molecular formula is C29H23Cl2N3O5. The van der Waals surface area contributed by atoms with Gasteiger partial charge in [0.25, 0.3) is 11.8 Å². The van der Waals surface area contributed by atoms with Gasteiger partial charge in [0.05, 0.1) is 30.0 Å². The van der Waals surface area contributed by atoms with E-state index in [0.29, 0.717) is 28.5 Å². The monoisotopic (exact) mass is 563 g/mol. The fourth-order valence-corrected chi connectivity index (χ4v) is 4.15. The predicted octanol–water partition coefficient (Wildman–Crippen LogP) is 5.64. The third-order valence-corrected chi connectivity index (χ3v) is 6.02. The molecule has 0 atom stereocenters. The van der Waals surface area contributed by atoms with E-state index in [1.165, 1.54) is 24.4 Å². The molecule has 0 radical (unpaired) electrons. The Bertz CT molecular complexity index is 1570. The van der Waals surface area contributed by atoms with Crippen molar-refractivity contribution in [1.29, 1.82) is 0 Å². The van der Waals surface area contributed by atoms with Crippen molar-refractivity contribution in [2.75, 3.05) is 13.2 Å². The number of esters is 1. The summed E-state index contributed by atoms with van der Waals surface area (Å²) in [7, 11) is 0. The normalized spacial score (nSPS) is 10.8. The Morgan fingerprint density at radius 1 is 0.897 bits per heavy atom. The van der Waals surface area contributed by atoms with Crippen LogP contribution in [-0.2, 0) is 4.79 Å². The van der Waals surface area contributed by atoms with Crippen LogP contribution in [0.25, 0.3) is 10.8 Å². The molecule has 10 heteroatoms. The molecule has 0 aliphatic rings. The SMILES string of the molecule is CCOc1cc(C=NNC(=O)CNC(=O)c2cccc3ccccc23)ccc1OC(=O)c1ccc(Cl)cc1Cl. The number of carbonyl (C=O) groups is 3. The van der Waals surface area contributed by atoms with Crippen molar-refractivity contribution in [1.82, 2.24) is 10.7 Å². The topological polar surface area (TPSA) is 106 Å².